The molecule has 1 heterocycles. The van der Waals surface area contributed by atoms with Crippen molar-refractivity contribution in [1.29, 1.82) is 0 Å². The first-order valence-electron chi connectivity index (χ1n) is 4.09. The number of carbonyl (C=O) groups is 1. The zero-order valence-electron chi connectivity index (χ0n) is 7.13. The number of urea groups is 1. The summed E-state index contributed by atoms with van der Waals surface area (Å²) in [6, 6.07) is -0.130. The molecule has 76 valence electrons. The lowest BCUT2D eigenvalue weighted by Crippen LogP contribution is -2.47. The number of alkyl halides is 2. The standard InChI is InChI=1S/C7H12Cl2N2O2/c8-6(9)5-10-7(12)11-1-3-13-4-2-11/h6H,1-5H2,(H,10,12). The lowest BCUT2D eigenvalue weighted by molar-refractivity contribution is 0.0533. The minimum atomic E-state index is -0.551. The van der Waals surface area contributed by atoms with E-state index in [2.05, 4.69) is 5.32 Å². The van der Waals surface area contributed by atoms with E-state index in [1.165, 1.54) is 0 Å². The highest BCUT2D eigenvalue weighted by molar-refractivity contribution is 6.44. The van der Waals surface area contributed by atoms with Crippen molar-refractivity contribution in [2.75, 3.05) is 32.8 Å². The minimum absolute atomic E-state index is 0.130. The van der Waals surface area contributed by atoms with Crippen molar-refractivity contribution in [2.24, 2.45) is 0 Å². The van der Waals surface area contributed by atoms with Gasteiger partial charge in [-0.1, -0.05) is 0 Å². The summed E-state index contributed by atoms with van der Waals surface area (Å²) in [5.74, 6) is 0. The molecule has 0 aromatic rings. The van der Waals surface area contributed by atoms with Crippen LogP contribution in [0, 0.1) is 0 Å². The van der Waals surface area contributed by atoms with Gasteiger partial charge in [0.2, 0.25) is 0 Å². The van der Waals surface area contributed by atoms with Gasteiger partial charge in [-0.05, 0) is 0 Å². The SMILES string of the molecule is O=C(NCC(Cl)Cl)N1CCOCC1. The summed E-state index contributed by atoms with van der Waals surface area (Å²) >= 11 is 10.9. The van der Waals surface area contributed by atoms with Crippen molar-refractivity contribution in [3.05, 3.63) is 0 Å². The Bertz CT molecular complexity index is 172. The molecule has 0 atom stereocenters. The Balaban J connectivity index is 2.21. The number of hydrogen-bond donors (Lipinski definition) is 1. The molecule has 1 rings (SSSR count). The summed E-state index contributed by atoms with van der Waals surface area (Å²) in [4.78, 5) is 12.5. The third-order valence-corrected chi connectivity index (χ3v) is 2.01. The lowest BCUT2D eigenvalue weighted by atomic mass is 10.4. The van der Waals surface area contributed by atoms with E-state index in [1.807, 2.05) is 0 Å². The average molecular weight is 227 g/mol. The Morgan fingerprint density at radius 1 is 1.46 bits per heavy atom. The van der Waals surface area contributed by atoms with Gasteiger partial charge in [0.25, 0.3) is 0 Å². The van der Waals surface area contributed by atoms with Crippen molar-refractivity contribution in [3.8, 4) is 0 Å². The quantitative estimate of drug-likeness (QED) is 0.710. The first-order valence-corrected chi connectivity index (χ1v) is 4.96. The fourth-order valence-electron chi connectivity index (χ4n) is 1.04. The highest BCUT2D eigenvalue weighted by atomic mass is 35.5. The molecular formula is C7H12Cl2N2O2. The van der Waals surface area contributed by atoms with Crippen molar-refractivity contribution in [2.45, 2.75) is 4.84 Å². The number of amides is 2. The number of nitrogens with zero attached hydrogens (tertiary/aromatic N) is 1. The molecule has 1 fully saturated rings. The Morgan fingerprint density at radius 3 is 2.62 bits per heavy atom. The largest absolute Gasteiger partial charge is 0.378 e. The van der Waals surface area contributed by atoms with Crippen molar-refractivity contribution < 1.29 is 9.53 Å². The van der Waals surface area contributed by atoms with Gasteiger partial charge in [0.1, 0.15) is 4.84 Å². The minimum Gasteiger partial charge on any atom is -0.378 e. The van der Waals surface area contributed by atoms with Gasteiger partial charge in [-0.15, -0.1) is 23.2 Å². The van der Waals surface area contributed by atoms with Gasteiger partial charge < -0.3 is 15.0 Å². The molecular weight excluding hydrogens is 215 g/mol. The van der Waals surface area contributed by atoms with Crippen LogP contribution in [0.5, 0.6) is 0 Å². The van der Waals surface area contributed by atoms with Gasteiger partial charge in [-0.2, -0.15) is 0 Å². The first kappa shape index (κ1) is 10.9. The molecule has 2 amide bonds. The normalized spacial score (nSPS) is 17.6. The second-order valence-electron chi connectivity index (χ2n) is 2.68. The molecule has 1 N–H and O–H groups in total. The summed E-state index contributed by atoms with van der Waals surface area (Å²) in [6.45, 7) is 2.72. The number of halogens is 2. The number of ether oxygens (including phenoxy) is 1. The number of rotatable bonds is 2. The lowest BCUT2D eigenvalue weighted by Gasteiger charge is -2.26. The van der Waals surface area contributed by atoms with Gasteiger partial charge in [-0.3, -0.25) is 0 Å². The van der Waals surface area contributed by atoms with E-state index < -0.39 is 4.84 Å². The number of morpholine rings is 1. The molecule has 0 bridgehead atoms. The highest BCUT2D eigenvalue weighted by Gasteiger charge is 2.16. The molecule has 0 radical (unpaired) electrons. The van der Waals surface area contributed by atoms with Crippen molar-refractivity contribution in [3.63, 3.8) is 0 Å². The molecule has 0 unspecified atom stereocenters. The molecule has 1 aliphatic heterocycles. The molecule has 4 nitrogen and oxygen atoms in total. The van der Waals surface area contributed by atoms with E-state index in [0.29, 0.717) is 26.3 Å². The third-order valence-electron chi connectivity index (χ3n) is 1.71. The maximum atomic E-state index is 11.3. The summed E-state index contributed by atoms with van der Waals surface area (Å²) < 4.78 is 5.10. The van der Waals surface area contributed by atoms with Crippen LogP contribution in [0.2, 0.25) is 0 Å². The molecule has 1 aliphatic rings. The predicted molar refractivity (Wildman–Crippen MR) is 51.3 cm³/mol. The molecule has 0 spiro atoms. The zero-order valence-corrected chi connectivity index (χ0v) is 8.64. The second-order valence-corrected chi connectivity index (χ2v) is 3.95. The maximum Gasteiger partial charge on any atom is 0.317 e. The molecule has 1 saturated heterocycles. The van der Waals surface area contributed by atoms with Crippen LogP contribution in [0.25, 0.3) is 0 Å². The first-order chi connectivity index (χ1) is 6.20. The van der Waals surface area contributed by atoms with E-state index in [1.54, 1.807) is 4.90 Å². The molecule has 0 aromatic heterocycles. The Morgan fingerprint density at radius 2 is 2.08 bits per heavy atom. The van der Waals surface area contributed by atoms with E-state index in [0.717, 1.165) is 0 Å². The Kier molecular flexibility index (Phi) is 4.62. The smallest absolute Gasteiger partial charge is 0.317 e. The van der Waals surface area contributed by atoms with Gasteiger partial charge in [0, 0.05) is 19.6 Å². The van der Waals surface area contributed by atoms with Crippen LogP contribution in [0.3, 0.4) is 0 Å². The van der Waals surface area contributed by atoms with E-state index in [4.69, 9.17) is 27.9 Å². The fraction of sp³-hybridized carbons (Fsp3) is 0.857. The summed E-state index contributed by atoms with van der Waals surface area (Å²) in [7, 11) is 0. The molecule has 0 aliphatic carbocycles. The van der Waals surface area contributed by atoms with Gasteiger partial charge in [0.15, 0.2) is 0 Å². The summed E-state index contributed by atoms with van der Waals surface area (Å²) in [5.41, 5.74) is 0. The van der Waals surface area contributed by atoms with E-state index in [9.17, 15) is 4.79 Å². The summed E-state index contributed by atoms with van der Waals surface area (Å²) in [6.07, 6.45) is 0. The fourth-order valence-corrected chi connectivity index (χ4v) is 1.20. The van der Waals surface area contributed by atoms with E-state index >= 15 is 0 Å². The van der Waals surface area contributed by atoms with Gasteiger partial charge >= 0.3 is 6.03 Å². The number of nitrogens with one attached hydrogen (secondary N) is 1. The highest BCUT2D eigenvalue weighted by Crippen LogP contribution is 2.00. The summed E-state index contributed by atoms with van der Waals surface area (Å²) in [5, 5.41) is 2.62. The van der Waals surface area contributed by atoms with E-state index in [-0.39, 0.29) is 12.6 Å². The van der Waals surface area contributed by atoms with Crippen LogP contribution in [-0.4, -0.2) is 48.6 Å². The van der Waals surface area contributed by atoms with Crippen molar-refractivity contribution in [1.82, 2.24) is 10.2 Å². The third kappa shape index (κ3) is 4.02. The van der Waals surface area contributed by atoms with Crippen LogP contribution in [0.15, 0.2) is 0 Å². The molecule has 0 aromatic carbocycles. The van der Waals surface area contributed by atoms with Crippen LogP contribution in [0.4, 0.5) is 4.79 Å². The zero-order chi connectivity index (χ0) is 9.68. The average Bonchev–Trinajstić information content (AvgIpc) is 2.15. The predicted octanol–water partition coefficient (Wildman–Crippen LogP) is 0.832. The maximum absolute atomic E-state index is 11.3. The van der Waals surface area contributed by atoms with Crippen LogP contribution in [-0.2, 0) is 4.74 Å². The molecule has 0 saturated carbocycles. The van der Waals surface area contributed by atoms with Crippen LogP contribution >= 0.6 is 23.2 Å². The van der Waals surface area contributed by atoms with Crippen LogP contribution in [0.1, 0.15) is 0 Å². The Labute approximate surface area is 87.1 Å². The van der Waals surface area contributed by atoms with Crippen molar-refractivity contribution >= 4 is 29.2 Å². The topological polar surface area (TPSA) is 41.6 Å². The van der Waals surface area contributed by atoms with Crippen LogP contribution < -0.4 is 5.32 Å². The Hall–Kier alpha value is -0.190. The molecule has 6 heteroatoms. The number of carbonyl (C=O) groups excluding carboxylic acids is 1. The number of hydrogen-bond acceptors (Lipinski definition) is 2. The van der Waals surface area contributed by atoms with Gasteiger partial charge in [0.05, 0.1) is 13.2 Å². The van der Waals surface area contributed by atoms with Gasteiger partial charge in [-0.25, -0.2) is 4.79 Å². The second kappa shape index (κ2) is 5.52. The molecule has 13 heavy (non-hydrogen) atoms. The monoisotopic (exact) mass is 226 g/mol.